The van der Waals surface area contributed by atoms with E-state index in [1.165, 1.54) is 76.6 Å². The van der Waals surface area contributed by atoms with Crippen molar-refractivity contribution in [3.05, 3.63) is 182 Å². The van der Waals surface area contributed by atoms with E-state index >= 15 is 0 Å². The Hall–Kier alpha value is -6.44. The minimum absolute atomic E-state index is 0.921. The highest BCUT2D eigenvalue weighted by atomic mass is 16.3. The van der Waals surface area contributed by atoms with Gasteiger partial charge in [-0.1, -0.05) is 152 Å². The van der Waals surface area contributed by atoms with Gasteiger partial charge in [0.2, 0.25) is 0 Å². The summed E-state index contributed by atoms with van der Waals surface area (Å²) in [6, 6.07) is 63.7. The molecule has 0 N–H and O–H groups in total. The molecule has 49 heavy (non-hydrogen) atoms. The number of rotatable bonds is 4. The van der Waals surface area contributed by atoms with Crippen LogP contribution >= 0.6 is 0 Å². The third-order valence-corrected chi connectivity index (χ3v) is 10.1. The summed E-state index contributed by atoms with van der Waals surface area (Å²) >= 11 is 0. The lowest BCUT2D eigenvalue weighted by Crippen LogP contribution is -1.92. The molecule has 0 saturated heterocycles. The number of benzene rings is 9. The molecule has 10 rings (SSSR count). The molecule has 0 fully saturated rings. The predicted molar refractivity (Wildman–Crippen MR) is 208 cm³/mol. The fourth-order valence-electron chi connectivity index (χ4n) is 7.84. The van der Waals surface area contributed by atoms with Crippen molar-refractivity contribution in [2.75, 3.05) is 0 Å². The molecule has 0 aliphatic rings. The molecular weight excluding hydrogens is 593 g/mol. The van der Waals surface area contributed by atoms with E-state index in [0.717, 1.165) is 21.9 Å². The van der Waals surface area contributed by atoms with E-state index in [9.17, 15) is 0 Å². The van der Waals surface area contributed by atoms with Crippen LogP contribution in [-0.2, 0) is 0 Å². The first-order valence-corrected chi connectivity index (χ1v) is 16.8. The Bertz CT molecular complexity index is 2870. The highest BCUT2D eigenvalue weighted by Gasteiger charge is 2.21. The van der Waals surface area contributed by atoms with E-state index < -0.39 is 0 Å². The number of hydrogen-bond acceptors (Lipinski definition) is 1. The quantitative estimate of drug-likeness (QED) is 0.141. The summed E-state index contributed by atoms with van der Waals surface area (Å²) in [4.78, 5) is 0. The van der Waals surface area contributed by atoms with Gasteiger partial charge in [-0.05, 0) is 95.3 Å². The predicted octanol–water partition coefficient (Wildman–Crippen LogP) is 13.7. The van der Waals surface area contributed by atoms with Crippen LogP contribution in [0.1, 0.15) is 0 Å². The van der Waals surface area contributed by atoms with Crippen LogP contribution in [-0.4, -0.2) is 0 Å². The SMILES string of the molecule is c1ccc(-c2ccccc2-c2ccccc2-c2ccc3cc4ccccc4cc3c2-c2coc3c2ccc2c4ccccc4ccc23)cc1. The first kappa shape index (κ1) is 27.7. The molecule has 1 heterocycles. The summed E-state index contributed by atoms with van der Waals surface area (Å²) in [5, 5.41) is 10.8. The van der Waals surface area contributed by atoms with Crippen molar-refractivity contribution in [3.8, 4) is 44.5 Å². The van der Waals surface area contributed by atoms with Crippen molar-refractivity contribution in [3.63, 3.8) is 0 Å². The molecule has 9 aromatic carbocycles. The minimum Gasteiger partial charge on any atom is -0.463 e. The van der Waals surface area contributed by atoms with Crippen molar-refractivity contribution >= 4 is 54.1 Å². The van der Waals surface area contributed by atoms with E-state index in [4.69, 9.17) is 4.42 Å². The van der Waals surface area contributed by atoms with Gasteiger partial charge in [-0.25, -0.2) is 0 Å². The zero-order chi connectivity index (χ0) is 32.3. The van der Waals surface area contributed by atoms with E-state index in [2.05, 4.69) is 176 Å². The maximum absolute atomic E-state index is 6.58. The average molecular weight is 623 g/mol. The van der Waals surface area contributed by atoms with Gasteiger partial charge in [0.15, 0.2) is 0 Å². The Morgan fingerprint density at radius 1 is 0.286 bits per heavy atom. The van der Waals surface area contributed by atoms with Crippen molar-refractivity contribution in [2.24, 2.45) is 0 Å². The number of fused-ring (bicyclic) bond motifs is 7. The Balaban J connectivity index is 1.29. The van der Waals surface area contributed by atoms with Crippen LogP contribution in [0.3, 0.4) is 0 Å². The highest BCUT2D eigenvalue weighted by molar-refractivity contribution is 6.20. The molecule has 0 amide bonds. The smallest absolute Gasteiger partial charge is 0.142 e. The Kier molecular flexibility index (Phi) is 6.25. The summed E-state index contributed by atoms with van der Waals surface area (Å²) in [6.07, 6.45) is 1.98. The van der Waals surface area contributed by atoms with Crippen LogP contribution in [0, 0.1) is 0 Å². The highest BCUT2D eigenvalue weighted by Crippen LogP contribution is 2.47. The lowest BCUT2D eigenvalue weighted by molar-refractivity contribution is 0.620. The lowest BCUT2D eigenvalue weighted by Gasteiger charge is -2.19. The zero-order valence-electron chi connectivity index (χ0n) is 26.7. The molecule has 228 valence electrons. The maximum Gasteiger partial charge on any atom is 0.142 e. The lowest BCUT2D eigenvalue weighted by atomic mass is 9.84. The molecule has 0 aliphatic carbocycles. The van der Waals surface area contributed by atoms with Gasteiger partial charge in [0.1, 0.15) is 5.58 Å². The zero-order valence-corrected chi connectivity index (χ0v) is 26.7. The van der Waals surface area contributed by atoms with E-state index in [-0.39, 0.29) is 0 Å². The van der Waals surface area contributed by atoms with Crippen LogP contribution in [0.15, 0.2) is 187 Å². The van der Waals surface area contributed by atoms with Crippen molar-refractivity contribution < 1.29 is 4.42 Å². The van der Waals surface area contributed by atoms with E-state index in [0.29, 0.717) is 0 Å². The molecule has 0 spiro atoms. The monoisotopic (exact) mass is 622 g/mol. The maximum atomic E-state index is 6.58. The molecule has 1 aromatic heterocycles. The second-order valence-electron chi connectivity index (χ2n) is 12.8. The molecule has 1 nitrogen and oxygen atoms in total. The summed E-state index contributed by atoms with van der Waals surface area (Å²) in [5.41, 5.74) is 10.4. The second-order valence-corrected chi connectivity index (χ2v) is 12.8. The van der Waals surface area contributed by atoms with Gasteiger partial charge >= 0.3 is 0 Å². The van der Waals surface area contributed by atoms with Crippen LogP contribution in [0.2, 0.25) is 0 Å². The Morgan fingerprint density at radius 3 is 1.65 bits per heavy atom. The van der Waals surface area contributed by atoms with Gasteiger partial charge in [-0.3, -0.25) is 0 Å². The van der Waals surface area contributed by atoms with Crippen LogP contribution < -0.4 is 0 Å². The fourth-order valence-corrected chi connectivity index (χ4v) is 7.84. The third kappa shape index (κ3) is 4.40. The second kappa shape index (κ2) is 11.1. The van der Waals surface area contributed by atoms with E-state index in [1.54, 1.807) is 0 Å². The Labute approximate surface area is 284 Å². The summed E-state index contributed by atoms with van der Waals surface area (Å²) < 4.78 is 6.58. The van der Waals surface area contributed by atoms with Crippen LogP contribution in [0.4, 0.5) is 0 Å². The largest absolute Gasteiger partial charge is 0.463 e. The molecular formula is C48H30O. The standard InChI is InChI=1S/C48H30O/c1-2-12-31(13-3-1)36-18-8-9-19-38(36)39-20-10-11-21-40(39)42-24-23-35-28-33-15-4-5-16-34(33)29-45(35)47(42)46-30-49-48-43-25-22-32-14-6-7-17-37(32)41(43)26-27-44(46)48/h1-30H. The van der Waals surface area contributed by atoms with Gasteiger partial charge in [0.05, 0.1) is 6.26 Å². The Morgan fingerprint density at radius 2 is 0.857 bits per heavy atom. The molecule has 0 atom stereocenters. The van der Waals surface area contributed by atoms with Crippen molar-refractivity contribution in [1.82, 2.24) is 0 Å². The van der Waals surface area contributed by atoms with Crippen LogP contribution in [0.25, 0.3) is 98.6 Å². The van der Waals surface area contributed by atoms with Gasteiger partial charge in [-0.15, -0.1) is 0 Å². The molecule has 0 aliphatic heterocycles. The third-order valence-electron chi connectivity index (χ3n) is 10.1. The summed E-state index contributed by atoms with van der Waals surface area (Å²) in [6.45, 7) is 0. The van der Waals surface area contributed by atoms with Crippen LogP contribution in [0.5, 0.6) is 0 Å². The molecule has 1 heteroatoms. The van der Waals surface area contributed by atoms with Crippen molar-refractivity contribution in [2.45, 2.75) is 0 Å². The number of furan rings is 1. The molecule has 0 radical (unpaired) electrons. The molecule has 0 bridgehead atoms. The van der Waals surface area contributed by atoms with Gasteiger partial charge in [0, 0.05) is 21.9 Å². The molecule has 0 unspecified atom stereocenters. The number of hydrogen-bond donors (Lipinski definition) is 0. The summed E-state index contributed by atoms with van der Waals surface area (Å²) in [7, 11) is 0. The first-order chi connectivity index (χ1) is 24.3. The molecule has 10 aromatic rings. The normalized spacial score (nSPS) is 11.7. The average Bonchev–Trinajstić information content (AvgIpc) is 3.61. The topological polar surface area (TPSA) is 13.1 Å². The molecule has 0 saturated carbocycles. The summed E-state index contributed by atoms with van der Waals surface area (Å²) in [5.74, 6) is 0. The van der Waals surface area contributed by atoms with Crippen molar-refractivity contribution in [1.29, 1.82) is 0 Å². The fraction of sp³-hybridized carbons (Fsp3) is 0. The first-order valence-electron chi connectivity index (χ1n) is 16.8. The van der Waals surface area contributed by atoms with Gasteiger partial charge < -0.3 is 4.42 Å². The minimum atomic E-state index is 0.921. The van der Waals surface area contributed by atoms with Gasteiger partial charge in [-0.2, -0.15) is 0 Å². The van der Waals surface area contributed by atoms with Gasteiger partial charge in [0.25, 0.3) is 0 Å². The van der Waals surface area contributed by atoms with E-state index in [1.807, 2.05) is 6.26 Å².